The van der Waals surface area contributed by atoms with Crippen molar-refractivity contribution in [1.29, 1.82) is 0 Å². The van der Waals surface area contributed by atoms with Crippen LogP contribution in [0, 0.1) is 17.0 Å². The van der Waals surface area contributed by atoms with E-state index < -0.39 is 4.92 Å². The van der Waals surface area contributed by atoms with E-state index in [1.165, 1.54) is 23.9 Å². The van der Waals surface area contributed by atoms with Crippen molar-refractivity contribution in [2.75, 3.05) is 11.1 Å². The van der Waals surface area contributed by atoms with Crippen LogP contribution in [0.5, 0.6) is 0 Å². The fourth-order valence-corrected chi connectivity index (χ4v) is 2.47. The molecule has 6 heteroatoms. The van der Waals surface area contributed by atoms with E-state index in [-0.39, 0.29) is 11.6 Å². The van der Waals surface area contributed by atoms with E-state index in [9.17, 15) is 14.9 Å². The Balaban J connectivity index is 1.95. The van der Waals surface area contributed by atoms with Crippen molar-refractivity contribution in [2.24, 2.45) is 0 Å². The van der Waals surface area contributed by atoms with Gasteiger partial charge in [-0.05, 0) is 30.7 Å². The van der Waals surface area contributed by atoms with Gasteiger partial charge in [0.2, 0.25) is 5.91 Å². The molecule has 0 heterocycles. The molecule has 2 aromatic rings. The highest BCUT2D eigenvalue weighted by Gasteiger charge is 2.10. The molecule has 0 saturated carbocycles. The molecule has 5 nitrogen and oxygen atoms in total. The van der Waals surface area contributed by atoms with E-state index in [0.29, 0.717) is 17.0 Å². The summed E-state index contributed by atoms with van der Waals surface area (Å²) < 4.78 is 0. The Kier molecular flexibility index (Phi) is 4.94. The molecule has 0 atom stereocenters. The number of benzene rings is 2. The first-order valence-electron chi connectivity index (χ1n) is 6.29. The molecule has 2 rings (SSSR count). The van der Waals surface area contributed by atoms with Gasteiger partial charge in [-0.1, -0.05) is 18.2 Å². The first kappa shape index (κ1) is 15.1. The Morgan fingerprint density at radius 2 is 1.95 bits per heavy atom. The molecule has 2 aromatic carbocycles. The minimum Gasteiger partial charge on any atom is -0.325 e. The molecule has 0 aliphatic rings. The van der Waals surface area contributed by atoms with Crippen LogP contribution in [0.15, 0.2) is 53.4 Å². The molecule has 108 valence electrons. The lowest BCUT2D eigenvalue weighted by Gasteiger charge is -2.08. The Morgan fingerprint density at radius 3 is 2.57 bits per heavy atom. The molecule has 0 spiro atoms. The Hall–Kier alpha value is -2.34. The highest BCUT2D eigenvalue weighted by molar-refractivity contribution is 8.00. The van der Waals surface area contributed by atoms with Crippen LogP contribution in [0.3, 0.4) is 0 Å². The van der Waals surface area contributed by atoms with E-state index in [1.54, 1.807) is 13.0 Å². The van der Waals surface area contributed by atoms with Gasteiger partial charge in [-0.25, -0.2) is 0 Å². The normalized spacial score (nSPS) is 10.1. The van der Waals surface area contributed by atoms with Crippen LogP contribution in [0.2, 0.25) is 0 Å². The summed E-state index contributed by atoms with van der Waals surface area (Å²) in [6.45, 7) is 1.73. The Labute approximate surface area is 126 Å². The summed E-state index contributed by atoms with van der Waals surface area (Å²) in [6.07, 6.45) is 0. The average molecular weight is 302 g/mol. The summed E-state index contributed by atoms with van der Waals surface area (Å²) in [4.78, 5) is 23.1. The van der Waals surface area contributed by atoms with E-state index in [2.05, 4.69) is 5.32 Å². The molecule has 0 radical (unpaired) electrons. The lowest BCUT2D eigenvalue weighted by Crippen LogP contribution is -2.14. The number of hydrogen-bond acceptors (Lipinski definition) is 4. The van der Waals surface area contributed by atoms with Crippen LogP contribution < -0.4 is 5.32 Å². The van der Waals surface area contributed by atoms with Gasteiger partial charge in [0.25, 0.3) is 5.69 Å². The maximum atomic E-state index is 11.9. The third kappa shape index (κ3) is 4.32. The molecule has 0 fully saturated rings. The van der Waals surface area contributed by atoms with E-state index in [0.717, 1.165) is 4.90 Å². The second-order valence-electron chi connectivity index (χ2n) is 4.41. The standard InChI is InChI=1S/C15H14N2O3S/c1-11-9-12(17(19)20)7-8-14(11)16-15(18)10-21-13-5-3-2-4-6-13/h2-9H,10H2,1H3,(H,16,18). The summed E-state index contributed by atoms with van der Waals surface area (Å²) in [5, 5.41) is 13.4. The maximum Gasteiger partial charge on any atom is 0.269 e. The number of non-ortho nitro benzene ring substituents is 1. The number of amides is 1. The van der Waals surface area contributed by atoms with Crippen LogP contribution in [0.25, 0.3) is 0 Å². The minimum atomic E-state index is -0.455. The van der Waals surface area contributed by atoms with Crippen molar-refractivity contribution >= 4 is 29.0 Å². The maximum absolute atomic E-state index is 11.9. The molecule has 0 aromatic heterocycles. The SMILES string of the molecule is Cc1cc([N+](=O)[O-])ccc1NC(=O)CSc1ccccc1. The van der Waals surface area contributed by atoms with Crippen molar-refractivity contribution in [3.8, 4) is 0 Å². The highest BCUT2D eigenvalue weighted by atomic mass is 32.2. The summed E-state index contributed by atoms with van der Waals surface area (Å²) >= 11 is 1.44. The second kappa shape index (κ2) is 6.90. The number of carbonyl (C=O) groups is 1. The third-order valence-electron chi connectivity index (χ3n) is 2.81. The van der Waals surface area contributed by atoms with Gasteiger partial charge < -0.3 is 5.32 Å². The zero-order valence-corrected chi connectivity index (χ0v) is 12.2. The molecule has 21 heavy (non-hydrogen) atoms. The topological polar surface area (TPSA) is 72.2 Å². The number of nitrogens with zero attached hydrogens (tertiary/aromatic N) is 1. The number of anilines is 1. The summed E-state index contributed by atoms with van der Waals surface area (Å²) in [7, 11) is 0. The second-order valence-corrected chi connectivity index (χ2v) is 5.45. The van der Waals surface area contributed by atoms with Crippen molar-refractivity contribution in [1.82, 2.24) is 0 Å². The van der Waals surface area contributed by atoms with Crippen molar-refractivity contribution in [2.45, 2.75) is 11.8 Å². The predicted octanol–water partition coefficient (Wildman–Crippen LogP) is 3.63. The first-order valence-corrected chi connectivity index (χ1v) is 7.27. The smallest absolute Gasteiger partial charge is 0.269 e. The zero-order valence-electron chi connectivity index (χ0n) is 11.4. The van der Waals surface area contributed by atoms with Crippen molar-refractivity contribution in [3.63, 3.8) is 0 Å². The van der Waals surface area contributed by atoms with Crippen LogP contribution in [-0.2, 0) is 4.79 Å². The zero-order chi connectivity index (χ0) is 15.2. The first-order chi connectivity index (χ1) is 10.1. The van der Waals surface area contributed by atoms with Crippen molar-refractivity contribution in [3.05, 3.63) is 64.2 Å². The number of hydrogen-bond donors (Lipinski definition) is 1. The monoisotopic (exact) mass is 302 g/mol. The van der Waals surface area contributed by atoms with E-state index in [4.69, 9.17) is 0 Å². The van der Waals surface area contributed by atoms with Gasteiger partial charge in [0.1, 0.15) is 0 Å². The highest BCUT2D eigenvalue weighted by Crippen LogP contribution is 2.22. The van der Waals surface area contributed by atoms with Gasteiger partial charge >= 0.3 is 0 Å². The average Bonchev–Trinajstić information content (AvgIpc) is 2.48. The molecule has 0 bridgehead atoms. The largest absolute Gasteiger partial charge is 0.325 e. The molecule has 0 unspecified atom stereocenters. The number of nitro benzene ring substituents is 1. The van der Waals surface area contributed by atoms with Crippen LogP contribution in [-0.4, -0.2) is 16.6 Å². The molecule has 0 aliphatic heterocycles. The summed E-state index contributed by atoms with van der Waals surface area (Å²) in [6, 6.07) is 14.0. The third-order valence-corrected chi connectivity index (χ3v) is 3.82. The predicted molar refractivity (Wildman–Crippen MR) is 83.6 cm³/mol. The number of nitrogens with one attached hydrogen (secondary N) is 1. The fourth-order valence-electron chi connectivity index (χ4n) is 1.75. The summed E-state index contributed by atoms with van der Waals surface area (Å²) in [5.41, 5.74) is 1.28. The van der Waals surface area contributed by atoms with Gasteiger partial charge in [0.05, 0.1) is 10.7 Å². The van der Waals surface area contributed by atoms with Crippen molar-refractivity contribution < 1.29 is 9.72 Å². The number of rotatable bonds is 5. The number of carbonyl (C=O) groups excluding carboxylic acids is 1. The van der Waals surface area contributed by atoms with Gasteiger partial charge in [-0.2, -0.15) is 0 Å². The fraction of sp³-hybridized carbons (Fsp3) is 0.133. The lowest BCUT2D eigenvalue weighted by atomic mass is 10.2. The number of nitro groups is 1. The summed E-state index contributed by atoms with van der Waals surface area (Å²) in [5.74, 6) is 0.154. The van der Waals surface area contributed by atoms with Gasteiger partial charge in [0, 0.05) is 22.7 Å². The molecular formula is C15H14N2O3S. The molecular weight excluding hydrogens is 288 g/mol. The van der Waals surface area contributed by atoms with Crippen LogP contribution >= 0.6 is 11.8 Å². The quantitative estimate of drug-likeness (QED) is 0.520. The molecule has 1 N–H and O–H groups in total. The Bertz CT molecular complexity index is 659. The molecule has 1 amide bonds. The molecule has 0 aliphatic carbocycles. The number of aryl methyl sites for hydroxylation is 1. The molecule has 0 saturated heterocycles. The van der Waals surface area contributed by atoms with E-state index >= 15 is 0 Å². The van der Waals surface area contributed by atoms with Crippen LogP contribution in [0.4, 0.5) is 11.4 Å². The lowest BCUT2D eigenvalue weighted by molar-refractivity contribution is -0.384. The van der Waals surface area contributed by atoms with Gasteiger partial charge in [-0.3, -0.25) is 14.9 Å². The number of thioether (sulfide) groups is 1. The van der Waals surface area contributed by atoms with Gasteiger partial charge in [-0.15, -0.1) is 11.8 Å². The van der Waals surface area contributed by atoms with Crippen LogP contribution in [0.1, 0.15) is 5.56 Å². The Morgan fingerprint density at radius 1 is 1.24 bits per heavy atom. The van der Waals surface area contributed by atoms with E-state index in [1.807, 2.05) is 30.3 Å². The minimum absolute atomic E-state index is 0.0177. The van der Waals surface area contributed by atoms with Gasteiger partial charge in [0.15, 0.2) is 0 Å².